The van der Waals surface area contributed by atoms with Crippen molar-refractivity contribution in [2.45, 2.75) is 57.3 Å². The lowest BCUT2D eigenvalue weighted by Gasteiger charge is -2.52. The Balaban J connectivity index is 1.41. The molecule has 32 heavy (non-hydrogen) atoms. The number of imide groups is 1. The molecular formula is C24H32N4O4. The van der Waals surface area contributed by atoms with Crippen molar-refractivity contribution >= 4 is 29.3 Å². The summed E-state index contributed by atoms with van der Waals surface area (Å²) in [6.45, 7) is 3.71. The lowest BCUT2D eigenvalue weighted by atomic mass is 9.65. The second-order valence-electron chi connectivity index (χ2n) is 9.51. The molecule has 1 aromatic heterocycles. The largest absolute Gasteiger partial charge is 0.453 e. The Labute approximate surface area is 188 Å². The van der Waals surface area contributed by atoms with Crippen LogP contribution in [0.3, 0.4) is 0 Å². The average Bonchev–Trinajstić information content (AvgIpc) is 3.11. The van der Waals surface area contributed by atoms with E-state index in [1.165, 1.54) is 12.7 Å². The molecule has 172 valence electrons. The first kappa shape index (κ1) is 22.3. The van der Waals surface area contributed by atoms with Gasteiger partial charge < -0.3 is 9.64 Å². The monoisotopic (exact) mass is 440 g/mol. The van der Waals surface area contributed by atoms with Gasteiger partial charge in [-0.25, -0.2) is 4.79 Å². The van der Waals surface area contributed by atoms with Crippen LogP contribution >= 0.6 is 0 Å². The lowest BCUT2D eigenvalue weighted by Crippen LogP contribution is -2.59. The first-order valence-electron chi connectivity index (χ1n) is 11.4. The van der Waals surface area contributed by atoms with Crippen molar-refractivity contribution in [1.29, 1.82) is 0 Å². The van der Waals surface area contributed by atoms with E-state index in [1.807, 2.05) is 11.7 Å². The van der Waals surface area contributed by atoms with Crippen molar-refractivity contribution < 1.29 is 19.1 Å². The van der Waals surface area contributed by atoms with Gasteiger partial charge in [0.2, 0.25) is 12.3 Å². The fourth-order valence-corrected chi connectivity index (χ4v) is 5.44. The number of methoxy groups -OCH3 is 1. The molecule has 1 saturated heterocycles. The van der Waals surface area contributed by atoms with Crippen molar-refractivity contribution in [1.82, 2.24) is 20.0 Å². The van der Waals surface area contributed by atoms with Gasteiger partial charge in [-0.1, -0.05) is 19.1 Å². The van der Waals surface area contributed by atoms with Gasteiger partial charge in [0, 0.05) is 43.3 Å². The number of carbonyl (C=O) groups is 3. The first-order chi connectivity index (χ1) is 15.4. The maximum atomic E-state index is 11.7. The average molecular weight is 441 g/mol. The van der Waals surface area contributed by atoms with E-state index < -0.39 is 0 Å². The zero-order valence-corrected chi connectivity index (χ0v) is 19.1. The van der Waals surface area contributed by atoms with Crippen molar-refractivity contribution in [2.75, 3.05) is 20.2 Å². The van der Waals surface area contributed by atoms with Crippen LogP contribution in [0.1, 0.15) is 68.5 Å². The third-order valence-electron chi connectivity index (χ3n) is 7.40. The van der Waals surface area contributed by atoms with Crippen molar-refractivity contribution in [2.24, 2.45) is 12.5 Å². The fourth-order valence-electron chi connectivity index (χ4n) is 5.44. The number of aryl methyl sites for hydroxylation is 1. The van der Waals surface area contributed by atoms with E-state index in [4.69, 9.17) is 9.84 Å². The number of ether oxygens (including phenoxy) is 1. The molecule has 1 spiro atoms. The zero-order valence-electron chi connectivity index (χ0n) is 19.1. The third-order valence-corrected chi connectivity index (χ3v) is 7.40. The molecule has 3 amide bonds. The Morgan fingerprint density at radius 2 is 2.03 bits per heavy atom. The third kappa shape index (κ3) is 4.23. The number of nitrogens with one attached hydrogen (secondary N) is 1. The second kappa shape index (κ2) is 8.92. The van der Waals surface area contributed by atoms with Crippen molar-refractivity contribution in [3.8, 4) is 0 Å². The molecule has 1 N–H and O–H groups in total. The molecule has 4 rings (SSSR count). The number of fused-ring (bicyclic) bond motifs is 1. The van der Waals surface area contributed by atoms with E-state index in [1.54, 1.807) is 4.90 Å². The van der Waals surface area contributed by atoms with Gasteiger partial charge in [-0.2, -0.15) is 5.10 Å². The molecule has 2 fully saturated rings. The number of carbonyl (C=O) groups excluding carboxylic acids is 3. The van der Waals surface area contributed by atoms with Gasteiger partial charge in [0.15, 0.2) is 0 Å². The minimum Gasteiger partial charge on any atom is -0.453 e. The van der Waals surface area contributed by atoms with Crippen LogP contribution in [0.15, 0.2) is 18.2 Å². The summed E-state index contributed by atoms with van der Waals surface area (Å²) in [5.41, 5.74) is 3.74. The highest BCUT2D eigenvalue weighted by Gasteiger charge is 2.47. The summed E-state index contributed by atoms with van der Waals surface area (Å²) in [4.78, 5) is 35.5. The predicted octanol–water partition coefficient (Wildman–Crippen LogP) is 3.46. The summed E-state index contributed by atoms with van der Waals surface area (Å²) in [7, 11) is 3.41. The summed E-state index contributed by atoms with van der Waals surface area (Å²) in [6, 6.07) is 6.66. The molecule has 0 bridgehead atoms. The number of aromatic nitrogens is 2. The van der Waals surface area contributed by atoms with Crippen LogP contribution in [-0.2, 0) is 21.4 Å². The molecule has 2 aliphatic rings. The second-order valence-corrected chi connectivity index (χ2v) is 9.51. The number of benzene rings is 1. The fraction of sp³-hybridized carbons (Fsp3) is 0.583. The Hall–Kier alpha value is -2.90. The topological polar surface area (TPSA) is 93.5 Å². The summed E-state index contributed by atoms with van der Waals surface area (Å²) >= 11 is 0. The predicted molar refractivity (Wildman–Crippen MR) is 120 cm³/mol. The van der Waals surface area contributed by atoms with Gasteiger partial charge in [0.05, 0.1) is 18.3 Å². The molecule has 2 aromatic rings. The highest BCUT2D eigenvalue weighted by Crippen LogP contribution is 2.48. The number of nitrogens with zero attached hydrogens (tertiary/aromatic N) is 3. The van der Waals surface area contributed by atoms with Gasteiger partial charge in [-0.15, -0.1) is 0 Å². The molecule has 1 aliphatic heterocycles. The van der Waals surface area contributed by atoms with E-state index in [0.717, 1.165) is 55.4 Å². The quantitative estimate of drug-likeness (QED) is 0.695. The van der Waals surface area contributed by atoms with Gasteiger partial charge in [-0.05, 0) is 49.7 Å². The molecular weight excluding hydrogens is 408 g/mol. The van der Waals surface area contributed by atoms with E-state index >= 15 is 0 Å². The summed E-state index contributed by atoms with van der Waals surface area (Å²) < 4.78 is 6.76. The summed E-state index contributed by atoms with van der Waals surface area (Å²) in [5, 5.41) is 8.06. The lowest BCUT2D eigenvalue weighted by molar-refractivity contribution is -0.125. The van der Waals surface area contributed by atoms with Gasteiger partial charge >= 0.3 is 6.09 Å². The minimum absolute atomic E-state index is 0.118. The maximum absolute atomic E-state index is 11.7. The van der Waals surface area contributed by atoms with E-state index in [0.29, 0.717) is 25.2 Å². The number of rotatable bonds is 6. The van der Waals surface area contributed by atoms with Gasteiger partial charge in [0.25, 0.3) is 0 Å². The molecule has 2 heterocycles. The van der Waals surface area contributed by atoms with Crippen LogP contribution in [0.2, 0.25) is 0 Å². The smallest absolute Gasteiger partial charge is 0.409 e. The summed E-state index contributed by atoms with van der Waals surface area (Å²) in [6.07, 6.45) is 5.70. The standard InChI is InChI=1S/C24H32N4O4/c1-16(4-7-21(30)25-15-29)22-19-6-5-18(12-20(19)27(2)26-22)17-8-10-24(11-9-17)13-28(14-24)23(31)32-3/h5-6,12,15-17H,4,7-11,13-14H2,1-3H3,(H,25,29,30). The van der Waals surface area contributed by atoms with Crippen LogP contribution in [0.5, 0.6) is 0 Å². The van der Waals surface area contributed by atoms with Crippen LogP contribution < -0.4 is 5.32 Å². The number of amides is 3. The Kier molecular flexibility index (Phi) is 6.22. The molecule has 1 aliphatic carbocycles. The van der Waals surface area contributed by atoms with E-state index in [-0.39, 0.29) is 23.3 Å². The normalized spacial score (nSPS) is 18.9. The van der Waals surface area contributed by atoms with Crippen LogP contribution in [0.25, 0.3) is 10.9 Å². The number of likely N-dealkylation sites (tertiary alicyclic amines) is 1. The van der Waals surface area contributed by atoms with Crippen molar-refractivity contribution in [3.05, 3.63) is 29.5 Å². The molecule has 1 unspecified atom stereocenters. The Bertz CT molecular complexity index is 1010. The Morgan fingerprint density at radius 1 is 1.31 bits per heavy atom. The van der Waals surface area contributed by atoms with E-state index in [9.17, 15) is 14.4 Å². The zero-order chi connectivity index (χ0) is 22.9. The van der Waals surface area contributed by atoms with Crippen LogP contribution in [0.4, 0.5) is 4.79 Å². The minimum atomic E-state index is -0.259. The summed E-state index contributed by atoms with van der Waals surface area (Å²) in [5.74, 6) is 0.387. The molecule has 1 aromatic carbocycles. The van der Waals surface area contributed by atoms with Gasteiger partial charge in [0.1, 0.15) is 0 Å². The first-order valence-corrected chi connectivity index (χ1v) is 11.4. The van der Waals surface area contributed by atoms with Crippen molar-refractivity contribution in [3.63, 3.8) is 0 Å². The van der Waals surface area contributed by atoms with Crippen LogP contribution in [-0.4, -0.2) is 53.3 Å². The Morgan fingerprint density at radius 3 is 2.69 bits per heavy atom. The highest BCUT2D eigenvalue weighted by atomic mass is 16.5. The molecule has 1 atom stereocenters. The highest BCUT2D eigenvalue weighted by molar-refractivity contribution is 5.86. The molecule has 0 radical (unpaired) electrons. The molecule has 8 heteroatoms. The maximum Gasteiger partial charge on any atom is 0.409 e. The molecule has 1 saturated carbocycles. The van der Waals surface area contributed by atoms with E-state index in [2.05, 4.69) is 30.4 Å². The number of hydrogen-bond acceptors (Lipinski definition) is 5. The van der Waals surface area contributed by atoms with Gasteiger partial charge in [-0.3, -0.25) is 19.6 Å². The SMILES string of the molecule is COC(=O)N1CC2(CCC(c3ccc4c(C(C)CCC(=O)NC=O)nn(C)c4c3)CC2)C1. The van der Waals surface area contributed by atoms with Crippen LogP contribution in [0, 0.1) is 5.41 Å². The molecule has 8 nitrogen and oxygen atoms in total. The number of hydrogen-bond donors (Lipinski definition) is 1.